The Morgan fingerprint density at radius 1 is 0.872 bits per heavy atom. The van der Waals surface area contributed by atoms with Crippen LogP contribution in [0.4, 0.5) is 4.79 Å². The molecule has 4 atom stereocenters. The van der Waals surface area contributed by atoms with Crippen molar-refractivity contribution in [1.82, 2.24) is 20.9 Å². The number of aliphatic hydroxyl groups is 1. The summed E-state index contributed by atoms with van der Waals surface area (Å²) >= 11 is 0. The molecule has 0 unspecified atom stereocenters. The van der Waals surface area contributed by atoms with Crippen LogP contribution in [0.15, 0.2) is 60.8 Å². The Bertz CT molecular complexity index is 1240. The number of carbonyl (C=O) groups is 3. The number of hydrogen-bond acceptors (Lipinski definition) is 5. The predicted molar refractivity (Wildman–Crippen MR) is 151 cm³/mol. The number of fused-ring (bicyclic) bond motifs is 1. The number of ether oxygens (including phenoxy) is 1. The molecule has 0 aliphatic rings. The lowest BCUT2D eigenvalue weighted by Gasteiger charge is -2.28. The molecule has 5 N–H and O–H groups in total. The van der Waals surface area contributed by atoms with E-state index in [1.807, 2.05) is 44.3 Å². The maximum absolute atomic E-state index is 13.5. The highest BCUT2D eigenvalue weighted by Gasteiger charge is 2.31. The van der Waals surface area contributed by atoms with Gasteiger partial charge in [0.05, 0.1) is 12.1 Å². The first kappa shape index (κ1) is 29.7. The van der Waals surface area contributed by atoms with E-state index in [-0.39, 0.29) is 18.3 Å². The van der Waals surface area contributed by atoms with Crippen LogP contribution in [-0.4, -0.2) is 52.2 Å². The SMILES string of the molecule is CC(C)C[C@@H](NC(=O)[C@H](Cc1c[nH]c2ccccc12)NC(=O)[C@@H](NC(=O)Oc1ccccc1)C(C)C)[C@H](C)O. The third-order valence-electron chi connectivity index (χ3n) is 6.54. The molecule has 3 aromatic rings. The third kappa shape index (κ3) is 8.58. The van der Waals surface area contributed by atoms with Gasteiger partial charge in [0.15, 0.2) is 0 Å². The fraction of sp³-hybridized carbons (Fsp3) is 0.433. The van der Waals surface area contributed by atoms with Gasteiger partial charge < -0.3 is 30.8 Å². The molecule has 0 bridgehead atoms. The van der Waals surface area contributed by atoms with Crippen molar-refractivity contribution in [2.75, 3.05) is 0 Å². The zero-order valence-corrected chi connectivity index (χ0v) is 23.2. The highest BCUT2D eigenvalue weighted by molar-refractivity contribution is 5.92. The maximum atomic E-state index is 13.5. The van der Waals surface area contributed by atoms with Gasteiger partial charge in [0.1, 0.15) is 17.8 Å². The highest BCUT2D eigenvalue weighted by Crippen LogP contribution is 2.20. The minimum Gasteiger partial charge on any atom is -0.410 e. The second-order valence-electron chi connectivity index (χ2n) is 10.7. The number of carbonyl (C=O) groups excluding carboxylic acids is 3. The van der Waals surface area contributed by atoms with Crippen molar-refractivity contribution < 1.29 is 24.2 Å². The fourth-order valence-electron chi connectivity index (χ4n) is 4.45. The van der Waals surface area contributed by atoms with Crippen LogP contribution in [0.25, 0.3) is 10.9 Å². The van der Waals surface area contributed by atoms with Crippen molar-refractivity contribution >= 4 is 28.8 Å². The summed E-state index contributed by atoms with van der Waals surface area (Å²) in [5, 5.41) is 19.6. The summed E-state index contributed by atoms with van der Waals surface area (Å²) in [7, 11) is 0. The minimum atomic E-state index is -0.946. The number of rotatable bonds is 12. The number of H-pyrrole nitrogens is 1. The summed E-state index contributed by atoms with van der Waals surface area (Å²) in [5.74, 6) is -0.598. The van der Waals surface area contributed by atoms with Crippen molar-refractivity contribution in [2.24, 2.45) is 11.8 Å². The molecule has 0 aliphatic heterocycles. The Labute approximate surface area is 229 Å². The molecule has 0 saturated carbocycles. The Hall–Kier alpha value is -3.85. The summed E-state index contributed by atoms with van der Waals surface area (Å²) in [4.78, 5) is 42.7. The number of para-hydroxylation sites is 2. The van der Waals surface area contributed by atoms with Gasteiger partial charge in [0.25, 0.3) is 0 Å². The Kier molecular flexibility index (Phi) is 10.5. The van der Waals surface area contributed by atoms with Gasteiger partial charge in [0.2, 0.25) is 11.8 Å². The lowest BCUT2D eigenvalue weighted by atomic mass is 9.98. The first-order valence-electron chi connectivity index (χ1n) is 13.4. The Morgan fingerprint density at radius 3 is 2.18 bits per heavy atom. The van der Waals surface area contributed by atoms with Crippen molar-refractivity contribution in [3.63, 3.8) is 0 Å². The van der Waals surface area contributed by atoms with E-state index < -0.39 is 42.1 Å². The number of aromatic amines is 1. The molecule has 0 saturated heterocycles. The van der Waals surface area contributed by atoms with Gasteiger partial charge in [0, 0.05) is 23.5 Å². The van der Waals surface area contributed by atoms with Gasteiger partial charge in [-0.05, 0) is 48.9 Å². The van der Waals surface area contributed by atoms with Gasteiger partial charge in [-0.15, -0.1) is 0 Å². The number of amides is 3. The molecule has 1 aromatic heterocycles. The summed E-state index contributed by atoms with van der Waals surface area (Å²) in [6.07, 6.45) is 1.10. The number of benzene rings is 2. The average molecular weight is 537 g/mol. The molecule has 2 aromatic carbocycles. The molecule has 9 heteroatoms. The van der Waals surface area contributed by atoms with E-state index in [4.69, 9.17) is 4.74 Å². The molecular formula is C30H40N4O5. The van der Waals surface area contributed by atoms with E-state index in [2.05, 4.69) is 20.9 Å². The molecule has 0 radical (unpaired) electrons. The van der Waals surface area contributed by atoms with Gasteiger partial charge in [-0.25, -0.2) is 4.79 Å². The second-order valence-corrected chi connectivity index (χ2v) is 10.7. The van der Waals surface area contributed by atoms with Crippen LogP contribution in [0.3, 0.4) is 0 Å². The molecule has 0 aliphatic carbocycles. The first-order chi connectivity index (χ1) is 18.5. The zero-order valence-electron chi connectivity index (χ0n) is 23.2. The standard InChI is InChI=1S/C30H40N4O5/c1-18(2)15-25(20(5)35)32-28(36)26(16-21-17-31-24-14-10-9-13-23(21)24)33-29(37)27(19(3)4)34-30(38)39-22-11-7-6-8-12-22/h6-14,17-20,25-27,31,35H,15-16H2,1-5H3,(H,32,36)(H,33,37)(H,34,38)/t20-,25+,26-,27-/m0/s1. The van der Waals surface area contributed by atoms with E-state index in [9.17, 15) is 19.5 Å². The minimum absolute atomic E-state index is 0.217. The van der Waals surface area contributed by atoms with Gasteiger partial charge >= 0.3 is 6.09 Å². The summed E-state index contributed by atoms with van der Waals surface area (Å²) in [5.41, 5.74) is 1.78. The van der Waals surface area contributed by atoms with Crippen molar-refractivity contribution in [3.8, 4) is 5.75 Å². The second kappa shape index (κ2) is 13.8. The molecule has 1 heterocycles. The van der Waals surface area contributed by atoms with Crippen LogP contribution in [0.5, 0.6) is 5.75 Å². The quantitative estimate of drug-likeness (QED) is 0.239. The lowest BCUT2D eigenvalue weighted by Crippen LogP contribution is -2.58. The van der Waals surface area contributed by atoms with Gasteiger partial charge in [-0.1, -0.05) is 64.1 Å². The number of aliphatic hydroxyl groups excluding tert-OH is 1. The van der Waals surface area contributed by atoms with Crippen LogP contribution >= 0.6 is 0 Å². The predicted octanol–water partition coefficient (Wildman–Crippen LogP) is 3.92. The zero-order chi connectivity index (χ0) is 28.5. The largest absolute Gasteiger partial charge is 0.413 e. The fourth-order valence-corrected chi connectivity index (χ4v) is 4.45. The molecule has 210 valence electrons. The first-order valence-corrected chi connectivity index (χ1v) is 13.4. The lowest BCUT2D eigenvalue weighted by molar-refractivity contribution is -0.131. The van der Waals surface area contributed by atoms with Crippen LogP contribution in [0.2, 0.25) is 0 Å². The smallest absolute Gasteiger partial charge is 0.410 e. The Balaban J connectivity index is 1.81. The topological polar surface area (TPSA) is 133 Å². The highest BCUT2D eigenvalue weighted by atomic mass is 16.6. The normalized spacial score (nSPS) is 14.5. The molecule has 9 nitrogen and oxygen atoms in total. The molecule has 39 heavy (non-hydrogen) atoms. The van der Waals surface area contributed by atoms with Crippen molar-refractivity contribution in [2.45, 2.75) is 71.7 Å². The van der Waals surface area contributed by atoms with Gasteiger partial charge in [-0.2, -0.15) is 0 Å². The molecule has 3 rings (SSSR count). The molecular weight excluding hydrogens is 496 g/mol. The van der Waals surface area contributed by atoms with Crippen molar-refractivity contribution in [3.05, 3.63) is 66.4 Å². The van der Waals surface area contributed by atoms with E-state index in [1.165, 1.54) is 0 Å². The van der Waals surface area contributed by atoms with Crippen molar-refractivity contribution in [1.29, 1.82) is 0 Å². The maximum Gasteiger partial charge on any atom is 0.413 e. The van der Waals surface area contributed by atoms with E-state index in [1.54, 1.807) is 51.1 Å². The van der Waals surface area contributed by atoms with Crippen LogP contribution < -0.4 is 20.7 Å². The van der Waals surface area contributed by atoms with E-state index in [0.717, 1.165) is 16.5 Å². The monoisotopic (exact) mass is 536 g/mol. The summed E-state index contributed by atoms with van der Waals surface area (Å²) < 4.78 is 5.31. The molecule has 0 spiro atoms. The van der Waals surface area contributed by atoms with E-state index in [0.29, 0.717) is 12.2 Å². The van der Waals surface area contributed by atoms with Crippen LogP contribution in [-0.2, 0) is 16.0 Å². The van der Waals surface area contributed by atoms with Crippen LogP contribution in [0, 0.1) is 11.8 Å². The van der Waals surface area contributed by atoms with Gasteiger partial charge in [-0.3, -0.25) is 9.59 Å². The van der Waals surface area contributed by atoms with Crippen LogP contribution in [0.1, 0.15) is 46.6 Å². The molecule has 0 fully saturated rings. The number of nitrogens with one attached hydrogen (secondary N) is 4. The number of aromatic nitrogens is 1. The average Bonchev–Trinajstić information content (AvgIpc) is 3.29. The summed E-state index contributed by atoms with van der Waals surface area (Å²) in [6, 6.07) is 13.9. The summed E-state index contributed by atoms with van der Waals surface area (Å²) in [6.45, 7) is 9.26. The molecule has 3 amide bonds. The number of hydrogen-bond donors (Lipinski definition) is 5. The third-order valence-corrected chi connectivity index (χ3v) is 6.54. The van der Waals surface area contributed by atoms with E-state index >= 15 is 0 Å². The Morgan fingerprint density at radius 2 is 1.54 bits per heavy atom.